The number of benzene rings is 1. The zero-order valence-electron chi connectivity index (χ0n) is 8.96. The Hall–Kier alpha value is -0.820. The summed E-state index contributed by atoms with van der Waals surface area (Å²) in [7, 11) is 0. The van der Waals surface area contributed by atoms with Gasteiger partial charge in [-0.05, 0) is 30.2 Å². The Kier molecular flexibility index (Phi) is 2.15. The van der Waals surface area contributed by atoms with Gasteiger partial charge in [0.25, 0.3) is 0 Å². The number of rotatable bonds is 1. The van der Waals surface area contributed by atoms with Crippen molar-refractivity contribution in [3.05, 3.63) is 35.9 Å². The van der Waals surface area contributed by atoms with Crippen molar-refractivity contribution in [2.24, 2.45) is 5.41 Å². The molecule has 1 aliphatic carbocycles. The normalized spacial score (nSPS) is 30.5. The van der Waals surface area contributed by atoms with Gasteiger partial charge in [0.1, 0.15) is 0 Å². The molecule has 1 fully saturated rings. The van der Waals surface area contributed by atoms with E-state index in [1.54, 1.807) is 0 Å². The van der Waals surface area contributed by atoms with Gasteiger partial charge < -0.3 is 5.11 Å². The largest absolute Gasteiger partial charge is 0.385 e. The summed E-state index contributed by atoms with van der Waals surface area (Å²) in [5, 5.41) is 10.5. The topological polar surface area (TPSA) is 20.2 Å². The zero-order chi connectivity index (χ0) is 10.2. The maximum atomic E-state index is 10.5. The molecule has 2 rings (SSSR count). The third-order valence-corrected chi connectivity index (χ3v) is 3.30. The average Bonchev–Trinajstić information content (AvgIpc) is 2.44. The van der Waals surface area contributed by atoms with E-state index in [-0.39, 0.29) is 5.41 Å². The van der Waals surface area contributed by atoms with Crippen molar-refractivity contribution < 1.29 is 5.11 Å². The fourth-order valence-corrected chi connectivity index (χ4v) is 2.51. The van der Waals surface area contributed by atoms with Crippen LogP contribution in [0, 0.1) is 5.41 Å². The molecule has 14 heavy (non-hydrogen) atoms. The van der Waals surface area contributed by atoms with Crippen LogP contribution in [0.25, 0.3) is 0 Å². The molecule has 0 heterocycles. The van der Waals surface area contributed by atoms with Gasteiger partial charge >= 0.3 is 0 Å². The second-order valence-electron chi connectivity index (χ2n) is 5.24. The smallest absolute Gasteiger partial charge is 0.0901 e. The molecule has 1 aromatic carbocycles. The molecule has 0 amide bonds. The molecule has 0 radical (unpaired) electrons. The SMILES string of the molecule is CC1(C)CC[C@@](O)(c2ccccc2)C1. The van der Waals surface area contributed by atoms with Crippen LogP contribution in [0.15, 0.2) is 30.3 Å². The average molecular weight is 190 g/mol. The van der Waals surface area contributed by atoms with Crippen LogP contribution in [0.1, 0.15) is 38.7 Å². The van der Waals surface area contributed by atoms with Gasteiger partial charge in [-0.15, -0.1) is 0 Å². The molecular formula is C13H18O. The standard InChI is InChI=1S/C13H18O/c1-12(2)8-9-13(14,10-12)11-6-4-3-5-7-11/h3-7,14H,8-10H2,1-2H3/t13-/m0/s1. The summed E-state index contributed by atoms with van der Waals surface area (Å²) in [6, 6.07) is 10.0. The third-order valence-electron chi connectivity index (χ3n) is 3.30. The van der Waals surface area contributed by atoms with Gasteiger partial charge in [0, 0.05) is 0 Å². The van der Waals surface area contributed by atoms with E-state index in [1.165, 1.54) is 0 Å². The van der Waals surface area contributed by atoms with E-state index >= 15 is 0 Å². The van der Waals surface area contributed by atoms with Crippen molar-refractivity contribution in [3.63, 3.8) is 0 Å². The molecule has 0 saturated heterocycles. The van der Waals surface area contributed by atoms with E-state index in [9.17, 15) is 5.11 Å². The minimum Gasteiger partial charge on any atom is -0.385 e. The molecule has 0 bridgehead atoms. The van der Waals surface area contributed by atoms with E-state index in [0.717, 1.165) is 24.8 Å². The molecule has 1 saturated carbocycles. The predicted octanol–water partition coefficient (Wildman–Crippen LogP) is 3.08. The molecule has 76 valence electrons. The lowest BCUT2D eigenvalue weighted by Crippen LogP contribution is -2.23. The monoisotopic (exact) mass is 190 g/mol. The Morgan fingerprint density at radius 2 is 1.71 bits per heavy atom. The van der Waals surface area contributed by atoms with Gasteiger partial charge in [0.15, 0.2) is 0 Å². The quantitative estimate of drug-likeness (QED) is 0.721. The van der Waals surface area contributed by atoms with Gasteiger partial charge in [-0.1, -0.05) is 44.2 Å². The Morgan fingerprint density at radius 1 is 1.07 bits per heavy atom. The van der Waals surface area contributed by atoms with E-state index in [1.807, 2.05) is 30.3 Å². The van der Waals surface area contributed by atoms with E-state index in [0.29, 0.717) is 0 Å². The highest BCUT2D eigenvalue weighted by Gasteiger charge is 2.42. The Morgan fingerprint density at radius 3 is 2.21 bits per heavy atom. The van der Waals surface area contributed by atoms with Crippen molar-refractivity contribution in [3.8, 4) is 0 Å². The van der Waals surface area contributed by atoms with Crippen molar-refractivity contribution >= 4 is 0 Å². The number of aliphatic hydroxyl groups is 1. The Balaban J connectivity index is 2.27. The fourth-order valence-electron chi connectivity index (χ4n) is 2.51. The number of hydrogen-bond acceptors (Lipinski definition) is 1. The minimum atomic E-state index is -0.579. The van der Waals surface area contributed by atoms with Crippen LogP contribution >= 0.6 is 0 Å². The van der Waals surface area contributed by atoms with Crippen LogP contribution in [0.3, 0.4) is 0 Å². The summed E-state index contributed by atoms with van der Waals surface area (Å²) in [6.07, 6.45) is 2.88. The first kappa shape index (κ1) is 9.72. The predicted molar refractivity (Wildman–Crippen MR) is 58.0 cm³/mol. The fraction of sp³-hybridized carbons (Fsp3) is 0.538. The second-order valence-corrected chi connectivity index (χ2v) is 5.24. The second kappa shape index (κ2) is 3.09. The van der Waals surface area contributed by atoms with Crippen molar-refractivity contribution in [2.45, 2.75) is 38.7 Å². The van der Waals surface area contributed by atoms with Gasteiger partial charge in [-0.25, -0.2) is 0 Å². The minimum absolute atomic E-state index is 0.282. The first-order valence-corrected chi connectivity index (χ1v) is 5.30. The Bertz CT molecular complexity index is 315. The molecule has 1 atom stereocenters. The van der Waals surface area contributed by atoms with Gasteiger partial charge in [-0.2, -0.15) is 0 Å². The highest BCUT2D eigenvalue weighted by molar-refractivity contribution is 5.24. The maximum Gasteiger partial charge on any atom is 0.0901 e. The molecule has 1 nitrogen and oxygen atoms in total. The highest BCUT2D eigenvalue weighted by Crippen LogP contribution is 2.48. The van der Waals surface area contributed by atoms with E-state index in [2.05, 4.69) is 13.8 Å². The molecule has 1 aliphatic rings. The summed E-state index contributed by atoms with van der Waals surface area (Å²) in [5.41, 5.74) is 0.778. The van der Waals surface area contributed by atoms with Crippen LogP contribution < -0.4 is 0 Å². The van der Waals surface area contributed by atoms with Crippen LogP contribution in [0.2, 0.25) is 0 Å². The molecule has 1 aromatic rings. The lowest BCUT2D eigenvalue weighted by atomic mass is 9.86. The summed E-state index contributed by atoms with van der Waals surface area (Å²) < 4.78 is 0. The lowest BCUT2D eigenvalue weighted by molar-refractivity contribution is 0.0338. The van der Waals surface area contributed by atoms with E-state index < -0.39 is 5.60 Å². The van der Waals surface area contributed by atoms with Crippen LogP contribution in [-0.2, 0) is 5.60 Å². The molecule has 0 aliphatic heterocycles. The van der Waals surface area contributed by atoms with Gasteiger partial charge in [-0.3, -0.25) is 0 Å². The Labute approximate surface area is 85.8 Å². The number of hydrogen-bond donors (Lipinski definition) is 1. The highest BCUT2D eigenvalue weighted by atomic mass is 16.3. The van der Waals surface area contributed by atoms with Crippen molar-refractivity contribution in [2.75, 3.05) is 0 Å². The molecular weight excluding hydrogens is 172 g/mol. The summed E-state index contributed by atoms with van der Waals surface area (Å²) >= 11 is 0. The van der Waals surface area contributed by atoms with Crippen LogP contribution in [0.5, 0.6) is 0 Å². The van der Waals surface area contributed by atoms with Crippen molar-refractivity contribution in [1.82, 2.24) is 0 Å². The summed E-state index contributed by atoms with van der Waals surface area (Å²) in [5.74, 6) is 0. The van der Waals surface area contributed by atoms with Crippen LogP contribution in [-0.4, -0.2) is 5.11 Å². The molecule has 1 heteroatoms. The molecule has 0 aromatic heterocycles. The maximum absolute atomic E-state index is 10.5. The molecule has 0 unspecified atom stereocenters. The zero-order valence-corrected chi connectivity index (χ0v) is 8.96. The lowest BCUT2D eigenvalue weighted by Gasteiger charge is -2.25. The van der Waals surface area contributed by atoms with Crippen molar-refractivity contribution in [1.29, 1.82) is 0 Å². The molecule has 1 N–H and O–H groups in total. The summed E-state index contributed by atoms with van der Waals surface area (Å²) in [4.78, 5) is 0. The van der Waals surface area contributed by atoms with Gasteiger partial charge in [0.05, 0.1) is 5.60 Å². The van der Waals surface area contributed by atoms with E-state index in [4.69, 9.17) is 0 Å². The first-order valence-electron chi connectivity index (χ1n) is 5.30. The molecule has 0 spiro atoms. The third kappa shape index (κ3) is 1.69. The van der Waals surface area contributed by atoms with Crippen LogP contribution in [0.4, 0.5) is 0 Å². The first-order chi connectivity index (χ1) is 6.52. The van der Waals surface area contributed by atoms with Gasteiger partial charge in [0.2, 0.25) is 0 Å². The summed E-state index contributed by atoms with van der Waals surface area (Å²) in [6.45, 7) is 4.46.